The molecule has 3 rings (SSSR count). The lowest BCUT2D eigenvalue weighted by Gasteiger charge is -2.30. The zero-order chi connectivity index (χ0) is 17.2. The van der Waals surface area contributed by atoms with E-state index in [4.69, 9.17) is 4.52 Å². The number of nitrogens with zero attached hydrogens (tertiary/aromatic N) is 2. The molecule has 2 aromatic rings. The van der Waals surface area contributed by atoms with E-state index in [2.05, 4.69) is 14.9 Å². The van der Waals surface area contributed by atoms with Gasteiger partial charge in [0.15, 0.2) is 5.82 Å². The molecule has 1 N–H and O–H groups in total. The Balaban J connectivity index is 2.00. The number of sulfonamides is 1. The van der Waals surface area contributed by atoms with Gasteiger partial charge in [0.05, 0.1) is 10.4 Å². The Morgan fingerprint density at radius 2 is 1.92 bits per heavy atom. The molecule has 0 spiro atoms. The molecule has 6 nitrogen and oxygen atoms in total. The van der Waals surface area contributed by atoms with Gasteiger partial charge in [0.25, 0.3) is 0 Å². The third kappa shape index (κ3) is 3.49. The fourth-order valence-corrected chi connectivity index (χ4v) is 4.60. The van der Waals surface area contributed by atoms with Crippen LogP contribution in [0.25, 0.3) is 0 Å². The van der Waals surface area contributed by atoms with Gasteiger partial charge in [0.1, 0.15) is 5.82 Å². The molecule has 0 saturated heterocycles. The van der Waals surface area contributed by atoms with Crippen LogP contribution in [-0.2, 0) is 15.6 Å². The average molecular weight is 353 g/mol. The maximum atomic E-state index is 13.4. The zero-order valence-corrected chi connectivity index (χ0v) is 14.3. The second-order valence-corrected chi connectivity index (χ2v) is 7.88. The standard InChI is InChI=1S/C16H20FN3O3S/c1-12-18-15(19-23-12)16(9-4-2-3-5-10-16)20-24(21,22)14-8-6-7-13(17)11-14/h6-8,11,20H,2-5,9-10H2,1H3. The summed E-state index contributed by atoms with van der Waals surface area (Å²) >= 11 is 0. The van der Waals surface area contributed by atoms with Crippen molar-refractivity contribution < 1.29 is 17.3 Å². The Bertz CT molecular complexity index is 811. The highest BCUT2D eigenvalue weighted by molar-refractivity contribution is 7.89. The van der Waals surface area contributed by atoms with Gasteiger partial charge in [-0.2, -0.15) is 9.71 Å². The van der Waals surface area contributed by atoms with Crippen molar-refractivity contribution in [3.05, 3.63) is 41.8 Å². The lowest BCUT2D eigenvalue weighted by atomic mass is 9.91. The van der Waals surface area contributed by atoms with Gasteiger partial charge in [0.2, 0.25) is 15.9 Å². The lowest BCUT2D eigenvalue weighted by Crippen LogP contribution is -2.46. The fourth-order valence-electron chi connectivity index (χ4n) is 3.15. The molecule has 0 aliphatic heterocycles. The lowest BCUT2D eigenvalue weighted by molar-refractivity contribution is 0.301. The summed E-state index contributed by atoms with van der Waals surface area (Å²) in [6, 6.07) is 4.97. The van der Waals surface area contributed by atoms with Crippen molar-refractivity contribution in [2.45, 2.75) is 55.9 Å². The molecule has 1 aliphatic rings. The van der Waals surface area contributed by atoms with Crippen molar-refractivity contribution in [2.75, 3.05) is 0 Å². The fraction of sp³-hybridized carbons (Fsp3) is 0.500. The Hall–Kier alpha value is -1.80. The molecule has 8 heteroatoms. The highest BCUT2D eigenvalue weighted by Crippen LogP contribution is 2.36. The Morgan fingerprint density at radius 1 is 1.21 bits per heavy atom. The number of halogens is 1. The molecule has 0 radical (unpaired) electrons. The number of aromatic nitrogens is 2. The maximum absolute atomic E-state index is 13.4. The van der Waals surface area contributed by atoms with Crippen LogP contribution in [0.2, 0.25) is 0 Å². The number of nitrogens with one attached hydrogen (secondary N) is 1. The first-order valence-electron chi connectivity index (χ1n) is 8.02. The van der Waals surface area contributed by atoms with Gasteiger partial charge in [-0.3, -0.25) is 0 Å². The summed E-state index contributed by atoms with van der Waals surface area (Å²) < 4.78 is 46.8. The van der Waals surface area contributed by atoms with E-state index in [1.165, 1.54) is 18.2 Å². The molecule has 130 valence electrons. The minimum Gasteiger partial charge on any atom is -0.340 e. The smallest absolute Gasteiger partial charge is 0.241 e. The summed E-state index contributed by atoms with van der Waals surface area (Å²) in [6.07, 6.45) is 4.94. The van der Waals surface area contributed by atoms with Gasteiger partial charge >= 0.3 is 0 Å². The maximum Gasteiger partial charge on any atom is 0.241 e. The van der Waals surface area contributed by atoms with E-state index in [9.17, 15) is 12.8 Å². The molecule has 24 heavy (non-hydrogen) atoms. The molecular weight excluding hydrogens is 333 g/mol. The third-order valence-corrected chi connectivity index (χ3v) is 5.88. The predicted molar refractivity (Wildman–Crippen MR) is 85.1 cm³/mol. The van der Waals surface area contributed by atoms with Crippen molar-refractivity contribution in [1.82, 2.24) is 14.9 Å². The van der Waals surface area contributed by atoms with Crippen LogP contribution in [0, 0.1) is 12.7 Å². The van der Waals surface area contributed by atoms with E-state index >= 15 is 0 Å². The normalized spacial score (nSPS) is 18.2. The van der Waals surface area contributed by atoms with Gasteiger partial charge in [-0.1, -0.05) is 36.9 Å². The molecule has 0 amide bonds. The van der Waals surface area contributed by atoms with Gasteiger partial charge < -0.3 is 4.52 Å². The van der Waals surface area contributed by atoms with Crippen molar-refractivity contribution in [1.29, 1.82) is 0 Å². The predicted octanol–water partition coefficient (Wildman–Crippen LogP) is 3.05. The van der Waals surface area contributed by atoms with Crippen LogP contribution in [0.4, 0.5) is 4.39 Å². The van der Waals surface area contributed by atoms with Crippen LogP contribution in [0.15, 0.2) is 33.7 Å². The van der Waals surface area contributed by atoms with Crippen LogP contribution in [0.5, 0.6) is 0 Å². The number of aryl methyl sites for hydroxylation is 1. The second-order valence-electron chi connectivity index (χ2n) is 6.20. The number of rotatable bonds is 4. The SMILES string of the molecule is Cc1nc(C2(NS(=O)(=O)c3cccc(F)c3)CCCCCC2)no1. The Morgan fingerprint density at radius 3 is 2.50 bits per heavy atom. The summed E-state index contributed by atoms with van der Waals surface area (Å²) in [5.74, 6) is 0.142. The minimum absolute atomic E-state index is 0.105. The highest BCUT2D eigenvalue weighted by Gasteiger charge is 2.41. The van der Waals surface area contributed by atoms with E-state index < -0.39 is 21.4 Å². The Labute approximate surface area is 140 Å². The summed E-state index contributed by atoms with van der Waals surface area (Å²) in [7, 11) is -3.91. The van der Waals surface area contributed by atoms with Crippen molar-refractivity contribution in [3.8, 4) is 0 Å². The first kappa shape index (κ1) is 17.0. The molecule has 1 aromatic carbocycles. The molecule has 1 aromatic heterocycles. The first-order chi connectivity index (χ1) is 11.4. The molecule has 0 bridgehead atoms. The number of benzene rings is 1. The number of hydrogen-bond acceptors (Lipinski definition) is 5. The molecule has 1 heterocycles. The van der Waals surface area contributed by atoms with E-state index in [1.54, 1.807) is 6.92 Å². The second kappa shape index (κ2) is 6.60. The van der Waals surface area contributed by atoms with Crippen LogP contribution in [-0.4, -0.2) is 18.6 Å². The molecular formula is C16H20FN3O3S. The van der Waals surface area contributed by atoms with E-state index in [0.717, 1.165) is 31.7 Å². The Kier molecular flexibility index (Phi) is 4.69. The van der Waals surface area contributed by atoms with Crippen molar-refractivity contribution in [2.24, 2.45) is 0 Å². The van der Waals surface area contributed by atoms with Gasteiger partial charge in [-0.15, -0.1) is 0 Å². The van der Waals surface area contributed by atoms with Gasteiger partial charge in [-0.05, 0) is 31.0 Å². The zero-order valence-electron chi connectivity index (χ0n) is 13.5. The largest absolute Gasteiger partial charge is 0.340 e. The first-order valence-corrected chi connectivity index (χ1v) is 9.50. The van der Waals surface area contributed by atoms with Crippen LogP contribution in [0.1, 0.15) is 50.2 Å². The molecule has 1 saturated carbocycles. The van der Waals surface area contributed by atoms with Crippen molar-refractivity contribution >= 4 is 10.0 Å². The van der Waals surface area contributed by atoms with E-state index in [-0.39, 0.29) is 4.90 Å². The van der Waals surface area contributed by atoms with Crippen LogP contribution in [0.3, 0.4) is 0 Å². The molecule has 1 fully saturated rings. The number of hydrogen-bond donors (Lipinski definition) is 1. The summed E-state index contributed by atoms with van der Waals surface area (Å²) in [6.45, 7) is 1.67. The van der Waals surface area contributed by atoms with Gasteiger partial charge in [0, 0.05) is 6.92 Å². The van der Waals surface area contributed by atoms with Crippen LogP contribution < -0.4 is 4.72 Å². The topological polar surface area (TPSA) is 85.1 Å². The van der Waals surface area contributed by atoms with Gasteiger partial charge in [-0.25, -0.2) is 12.8 Å². The quantitative estimate of drug-likeness (QED) is 0.854. The van der Waals surface area contributed by atoms with E-state index in [1.807, 2.05) is 0 Å². The monoisotopic (exact) mass is 353 g/mol. The minimum atomic E-state index is -3.91. The summed E-state index contributed by atoms with van der Waals surface area (Å²) in [5, 5.41) is 3.96. The van der Waals surface area contributed by atoms with Crippen molar-refractivity contribution in [3.63, 3.8) is 0 Å². The molecule has 1 aliphatic carbocycles. The van der Waals surface area contributed by atoms with Crippen LogP contribution >= 0.6 is 0 Å². The van der Waals surface area contributed by atoms with E-state index in [0.29, 0.717) is 24.6 Å². The third-order valence-electron chi connectivity index (χ3n) is 4.35. The molecule has 0 unspecified atom stereocenters. The molecule has 0 atom stereocenters. The average Bonchev–Trinajstić information content (AvgIpc) is 2.84. The summed E-state index contributed by atoms with van der Waals surface area (Å²) in [5.41, 5.74) is -0.917. The summed E-state index contributed by atoms with van der Waals surface area (Å²) in [4.78, 5) is 4.16. The highest BCUT2D eigenvalue weighted by atomic mass is 32.2.